The first kappa shape index (κ1) is 8.63. The maximum Gasteiger partial charge on any atom is 0.429 e. The van der Waals surface area contributed by atoms with Crippen LogP contribution in [-0.2, 0) is 4.74 Å². The number of alkyl halides is 6. The van der Waals surface area contributed by atoms with Crippen LogP contribution in [0.3, 0.4) is 0 Å². The van der Waals surface area contributed by atoms with Gasteiger partial charge in [0.15, 0.2) is 0 Å². The van der Waals surface area contributed by atoms with Gasteiger partial charge in [-0.05, 0) is 0 Å². The van der Waals surface area contributed by atoms with Gasteiger partial charge in [-0.2, -0.15) is 22.0 Å². The largest absolute Gasteiger partial charge is 0.429 e. The van der Waals surface area contributed by atoms with Gasteiger partial charge in [-0.1, -0.05) is 0 Å². The van der Waals surface area contributed by atoms with Crippen LogP contribution in [-0.4, -0.2) is 24.6 Å². The fraction of sp³-hybridized carbons (Fsp3) is 1.00. The second-order valence-corrected chi connectivity index (χ2v) is 2.08. The molecule has 1 atom stereocenters. The summed E-state index contributed by atoms with van der Waals surface area (Å²) in [6.07, 6.45) is -9.76. The van der Waals surface area contributed by atoms with E-state index in [9.17, 15) is 26.3 Å². The van der Waals surface area contributed by atoms with E-state index in [0.29, 0.717) is 0 Å². The summed E-state index contributed by atoms with van der Waals surface area (Å²) in [5, 5.41) is 0. The SMILES string of the molecule is FCC1(C(F)(F)F)OC1(F)F. The average molecular weight is 180 g/mol. The molecule has 1 rings (SSSR count). The van der Waals surface area contributed by atoms with Crippen molar-refractivity contribution in [3.63, 3.8) is 0 Å². The zero-order valence-corrected chi connectivity index (χ0v) is 4.88. The molecule has 0 N–H and O–H groups in total. The highest BCUT2D eigenvalue weighted by atomic mass is 19.4. The Morgan fingerprint density at radius 3 is 1.55 bits per heavy atom. The van der Waals surface area contributed by atoms with E-state index < -0.39 is 24.6 Å². The molecule has 1 saturated heterocycles. The molecule has 66 valence electrons. The van der Waals surface area contributed by atoms with Crippen molar-refractivity contribution in [1.82, 2.24) is 0 Å². The van der Waals surface area contributed by atoms with Gasteiger partial charge in [0.1, 0.15) is 6.67 Å². The third-order valence-electron chi connectivity index (χ3n) is 1.38. The molecule has 0 amide bonds. The van der Waals surface area contributed by atoms with E-state index in [1.807, 2.05) is 0 Å². The van der Waals surface area contributed by atoms with Gasteiger partial charge in [0.2, 0.25) is 0 Å². The summed E-state index contributed by atoms with van der Waals surface area (Å²) < 4.78 is 72.6. The molecule has 1 unspecified atom stereocenters. The van der Waals surface area contributed by atoms with Crippen LogP contribution in [0.1, 0.15) is 0 Å². The Morgan fingerprint density at radius 2 is 1.55 bits per heavy atom. The summed E-state index contributed by atoms with van der Waals surface area (Å²) in [6, 6.07) is 0. The predicted octanol–water partition coefficient (Wildman–Crippen LogP) is 1.88. The van der Waals surface area contributed by atoms with Crippen LogP contribution in [0.15, 0.2) is 0 Å². The monoisotopic (exact) mass is 180 g/mol. The highest BCUT2D eigenvalue weighted by Gasteiger charge is 2.87. The summed E-state index contributed by atoms with van der Waals surface area (Å²) in [4.78, 5) is 0. The van der Waals surface area contributed by atoms with Crippen LogP contribution < -0.4 is 0 Å². The fourth-order valence-corrected chi connectivity index (χ4v) is 0.597. The first-order valence-corrected chi connectivity index (χ1v) is 2.47. The highest BCUT2D eigenvalue weighted by Crippen LogP contribution is 2.59. The predicted molar refractivity (Wildman–Crippen MR) is 20.8 cm³/mol. The fourth-order valence-electron chi connectivity index (χ4n) is 0.597. The summed E-state index contributed by atoms with van der Waals surface area (Å²) in [5.74, 6) is 0. The maximum absolute atomic E-state index is 11.8. The van der Waals surface area contributed by atoms with Gasteiger partial charge < -0.3 is 0 Å². The van der Waals surface area contributed by atoms with Crippen molar-refractivity contribution in [2.45, 2.75) is 17.9 Å². The van der Waals surface area contributed by atoms with Crippen LogP contribution in [0.25, 0.3) is 0 Å². The minimum Gasteiger partial charge on any atom is -0.290 e. The smallest absolute Gasteiger partial charge is 0.290 e. The van der Waals surface area contributed by atoms with Crippen molar-refractivity contribution >= 4 is 0 Å². The zero-order valence-electron chi connectivity index (χ0n) is 4.88. The minimum atomic E-state index is -5.36. The molecule has 1 nitrogen and oxygen atoms in total. The van der Waals surface area contributed by atoms with Crippen molar-refractivity contribution in [1.29, 1.82) is 0 Å². The minimum absolute atomic E-state index is 2.26. The number of epoxide rings is 1. The lowest BCUT2D eigenvalue weighted by molar-refractivity contribution is -0.193. The second kappa shape index (κ2) is 1.82. The van der Waals surface area contributed by atoms with E-state index in [-0.39, 0.29) is 0 Å². The van der Waals surface area contributed by atoms with E-state index >= 15 is 0 Å². The van der Waals surface area contributed by atoms with Gasteiger partial charge in [0, 0.05) is 0 Å². The Morgan fingerprint density at radius 1 is 1.18 bits per heavy atom. The third-order valence-corrected chi connectivity index (χ3v) is 1.38. The first-order valence-electron chi connectivity index (χ1n) is 2.47. The van der Waals surface area contributed by atoms with E-state index in [0.717, 1.165) is 0 Å². The lowest BCUT2D eigenvalue weighted by Gasteiger charge is -2.10. The molecule has 0 bridgehead atoms. The lowest BCUT2D eigenvalue weighted by atomic mass is 10.1. The Kier molecular flexibility index (Phi) is 1.43. The van der Waals surface area contributed by atoms with Gasteiger partial charge in [0.25, 0.3) is 5.60 Å². The molecule has 0 aromatic heterocycles. The lowest BCUT2D eigenvalue weighted by Crippen LogP contribution is -2.39. The zero-order chi connectivity index (χ0) is 8.91. The van der Waals surface area contributed by atoms with Gasteiger partial charge >= 0.3 is 12.3 Å². The summed E-state index contributed by atoms with van der Waals surface area (Å²) in [7, 11) is 0. The second-order valence-electron chi connectivity index (χ2n) is 2.08. The van der Waals surface area contributed by atoms with E-state index in [2.05, 4.69) is 4.74 Å². The molecule has 0 aliphatic carbocycles. The Hall–Kier alpha value is -0.460. The Balaban J connectivity index is 2.84. The number of halogens is 6. The number of rotatable bonds is 1. The van der Waals surface area contributed by atoms with Crippen LogP contribution in [0.4, 0.5) is 26.3 Å². The summed E-state index contributed by atoms with van der Waals surface area (Å²) >= 11 is 0. The van der Waals surface area contributed by atoms with Crippen LogP contribution in [0.2, 0.25) is 0 Å². The van der Waals surface area contributed by atoms with Gasteiger partial charge in [0.05, 0.1) is 0 Å². The van der Waals surface area contributed by atoms with Crippen molar-refractivity contribution < 1.29 is 31.1 Å². The molecule has 0 spiro atoms. The van der Waals surface area contributed by atoms with Crippen molar-refractivity contribution in [3.05, 3.63) is 0 Å². The quantitative estimate of drug-likeness (QED) is 0.443. The van der Waals surface area contributed by atoms with Crippen LogP contribution in [0.5, 0.6) is 0 Å². The van der Waals surface area contributed by atoms with Crippen molar-refractivity contribution in [3.8, 4) is 0 Å². The molecule has 7 heteroatoms. The van der Waals surface area contributed by atoms with Crippen LogP contribution >= 0.6 is 0 Å². The molecule has 0 saturated carbocycles. The molecule has 1 fully saturated rings. The van der Waals surface area contributed by atoms with E-state index in [4.69, 9.17) is 0 Å². The van der Waals surface area contributed by atoms with Crippen molar-refractivity contribution in [2.75, 3.05) is 6.67 Å². The van der Waals surface area contributed by atoms with E-state index in [1.165, 1.54) is 0 Å². The summed E-state index contributed by atoms with van der Waals surface area (Å²) in [6.45, 7) is -2.26. The third kappa shape index (κ3) is 0.901. The van der Waals surface area contributed by atoms with Gasteiger partial charge in [-0.25, -0.2) is 4.39 Å². The van der Waals surface area contributed by atoms with E-state index in [1.54, 1.807) is 0 Å². The van der Waals surface area contributed by atoms with Gasteiger partial charge in [-0.15, -0.1) is 0 Å². The molecule has 11 heavy (non-hydrogen) atoms. The molecular weight excluding hydrogens is 178 g/mol. The first-order chi connectivity index (χ1) is 4.77. The number of hydrogen-bond donors (Lipinski definition) is 0. The normalized spacial score (nSPS) is 35.5. The molecule has 0 aromatic rings. The molecule has 1 aliphatic rings. The number of hydrogen-bond acceptors (Lipinski definition) is 1. The molecule has 0 radical (unpaired) electrons. The topological polar surface area (TPSA) is 12.5 Å². The Bertz CT molecular complexity index is 174. The summed E-state index contributed by atoms with van der Waals surface area (Å²) in [5.41, 5.74) is -3.88. The maximum atomic E-state index is 11.8. The van der Waals surface area contributed by atoms with Gasteiger partial charge in [-0.3, -0.25) is 4.74 Å². The van der Waals surface area contributed by atoms with Crippen LogP contribution in [0, 0.1) is 0 Å². The highest BCUT2D eigenvalue weighted by molar-refractivity contribution is 5.08. The van der Waals surface area contributed by atoms with Crippen molar-refractivity contribution in [2.24, 2.45) is 0 Å². The molecular formula is C4H2F6O. The number of ether oxygens (including phenoxy) is 1. The molecule has 1 heterocycles. The molecule has 0 aromatic carbocycles. The Labute approximate surface area is 56.9 Å². The average Bonchev–Trinajstić information content (AvgIpc) is 2.33. The standard InChI is InChI=1S/C4H2F6O/c5-1-2(3(6,7)8)4(9,10)11-2/h1H2. The molecule has 1 aliphatic heterocycles.